The van der Waals surface area contributed by atoms with Gasteiger partial charge < -0.3 is 15.0 Å². The maximum absolute atomic E-state index is 11.9. The number of carbonyl (C=O) groups is 1. The molecule has 1 aliphatic rings. The average molecular weight is 261 g/mol. The van der Waals surface area contributed by atoms with Crippen molar-refractivity contribution in [3.8, 4) is 0 Å². The highest BCUT2D eigenvalue weighted by atomic mass is 16.6. The molecule has 1 heterocycles. The lowest BCUT2D eigenvalue weighted by Crippen LogP contribution is -2.47. The fourth-order valence-corrected chi connectivity index (χ4v) is 1.98. The van der Waals surface area contributed by atoms with Crippen molar-refractivity contribution in [2.45, 2.75) is 12.5 Å². The molecule has 1 fully saturated rings. The second kappa shape index (κ2) is 6.89. The minimum Gasteiger partial charge on any atom is -0.437 e. The van der Waals surface area contributed by atoms with Crippen LogP contribution in [0.3, 0.4) is 0 Å². The molecule has 0 aromatic heterocycles. The van der Waals surface area contributed by atoms with E-state index in [-0.39, 0.29) is 0 Å². The molecule has 5 nitrogen and oxygen atoms in total. The van der Waals surface area contributed by atoms with Crippen molar-refractivity contribution < 1.29 is 14.3 Å². The number of carbonyl (C=O) groups excluding carboxylic acids is 2. The van der Waals surface area contributed by atoms with E-state index in [2.05, 4.69) is 5.32 Å². The molecule has 5 heteroatoms. The number of nitrogens with one attached hydrogen (secondary N) is 1. The molecule has 1 aliphatic heterocycles. The molecule has 19 heavy (non-hydrogen) atoms. The molecule has 1 aromatic carbocycles. The number of piperazine rings is 1. The quantitative estimate of drug-likeness (QED) is 0.869. The predicted molar refractivity (Wildman–Crippen MR) is 70.6 cm³/mol. The van der Waals surface area contributed by atoms with Crippen LogP contribution in [-0.2, 0) is 16.0 Å². The highest BCUT2D eigenvalue weighted by molar-refractivity contribution is 5.71. The highest BCUT2D eigenvalue weighted by Crippen LogP contribution is 2.07. The lowest BCUT2D eigenvalue weighted by atomic mass is 10.1. The van der Waals surface area contributed by atoms with Crippen molar-refractivity contribution in [1.29, 1.82) is 0 Å². The van der Waals surface area contributed by atoms with Crippen LogP contribution in [0.2, 0.25) is 0 Å². The lowest BCUT2D eigenvalue weighted by molar-refractivity contribution is 0.0813. The van der Waals surface area contributed by atoms with E-state index >= 15 is 0 Å². The van der Waals surface area contributed by atoms with E-state index in [1.54, 1.807) is 11.2 Å². The number of rotatable bonds is 4. The average Bonchev–Trinajstić information content (AvgIpc) is 2.48. The number of ether oxygens (including phenoxy) is 1. The van der Waals surface area contributed by atoms with Crippen molar-refractivity contribution in [2.24, 2.45) is 0 Å². The molecule has 2 rings (SSSR count). The van der Waals surface area contributed by atoms with Gasteiger partial charge in [-0.1, -0.05) is 30.3 Å². The van der Waals surface area contributed by atoms with Crippen molar-refractivity contribution in [1.82, 2.24) is 10.2 Å². The van der Waals surface area contributed by atoms with Crippen LogP contribution < -0.4 is 5.32 Å². The molecule has 0 saturated carbocycles. The van der Waals surface area contributed by atoms with Gasteiger partial charge in [0.2, 0.25) is 6.29 Å². The normalized spacial score (nSPS) is 16.7. The third-order valence-corrected chi connectivity index (χ3v) is 3.01. The Bertz CT molecular complexity index is 416. The third-order valence-electron chi connectivity index (χ3n) is 3.01. The minimum absolute atomic E-state index is 0.363. The van der Waals surface area contributed by atoms with E-state index in [1.807, 2.05) is 30.3 Å². The van der Waals surface area contributed by atoms with Gasteiger partial charge in [0.15, 0.2) is 6.10 Å². The summed E-state index contributed by atoms with van der Waals surface area (Å²) < 4.78 is 5.18. The van der Waals surface area contributed by atoms with E-state index < -0.39 is 12.2 Å². The largest absolute Gasteiger partial charge is 0.437 e. The molecular weight excluding hydrogens is 244 g/mol. The molecular formula is C14H17N2O3. The van der Waals surface area contributed by atoms with Crippen LogP contribution >= 0.6 is 0 Å². The summed E-state index contributed by atoms with van der Waals surface area (Å²) in [5, 5.41) is 3.15. The second-order valence-electron chi connectivity index (χ2n) is 4.42. The van der Waals surface area contributed by atoms with Gasteiger partial charge in [0.25, 0.3) is 0 Å². The van der Waals surface area contributed by atoms with Gasteiger partial charge in [0.05, 0.1) is 0 Å². The Labute approximate surface area is 112 Å². The monoisotopic (exact) mass is 261 g/mol. The molecule has 1 radical (unpaired) electrons. The maximum Gasteiger partial charge on any atom is 0.410 e. The first-order valence-electron chi connectivity index (χ1n) is 6.37. The van der Waals surface area contributed by atoms with Crippen LogP contribution in [0, 0.1) is 0 Å². The fraction of sp³-hybridized carbons (Fsp3) is 0.429. The van der Waals surface area contributed by atoms with Crippen molar-refractivity contribution in [2.75, 3.05) is 26.2 Å². The zero-order valence-electron chi connectivity index (χ0n) is 10.7. The lowest BCUT2D eigenvalue weighted by Gasteiger charge is -2.27. The Hall–Kier alpha value is -1.88. The van der Waals surface area contributed by atoms with E-state index in [4.69, 9.17) is 4.74 Å². The number of amides is 1. The summed E-state index contributed by atoms with van der Waals surface area (Å²) >= 11 is 0. The molecule has 0 bridgehead atoms. The van der Waals surface area contributed by atoms with Gasteiger partial charge in [-0.05, 0) is 5.56 Å². The Morgan fingerprint density at radius 3 is 2.63 bits per heavy atom. The van der Waals surface area contributed by atoms with Crippen molar-refractivity contribution in [3.63, 3.8) is 0 Å². The molecule has 0 unspecified atom stereocenters. The van der Waals surface area contributed by atoms with E-state index in [0.717, 1.165) is 18.7 Å². The van der Waals surface area contributed by atoms with Crippen molar-refractivity contribution in [3.05, 3.63) is 35.9 Å². The number of nitrogens with zero attached hydrogens (tertiary/aromatic N) is 1. The van der Waals surface area contributed by atoms with Crippen LogP contribution in [0.25, 0.3) is 0 Å². The molecule has 0 spiro atoms. The first-order chi connectivity index (χ1) is 9.29. The maximum atomic E-state index is 11.9. The summed E-state index contributed by atoms with van der Waals surface area (Å²) in [4.78, 5) is 24.4. The molecule has 1 saturated heterocycles. The Morgan fingerprint density at radius 1 is 1.32 bits per heavy atom. The zero-order chi connectivity index (χ0) is 13.5. The Kier molecular flexibility index (Phi) is 4.92. The van der Waals surface area contributed by atoms with Gasteiger partial charge in [-0.3, -0.25) is 4.79 Å². The Morgan fingerprint density at radius 2 is 2.00 bits per heavy atom. The van der Waals surface area contributed by atoms with Gasteiger partial charge in [-0.25, -0.2) is 4.79 Å². The van der Waals surface area contributed by atoms with Crippen LogP contribution in [0.1, 0.15) is 5.56 Å². The second-order valence-corrected chi connectivity index (χ2v) is 4.42. The third kappa shape index (κ3) is 4.06. The van der Waals surface area contributed by atoms with Gasteiger partial charge >= 0.3 is 6.09 Å². The smallest absolute Gasteiger partial charge is 0.410 e. The topological polar surface area (TPSA) is 58.6 Å². The standard InChI is InChI=1S/C14H17N2O3/c17-11-13(10-12-4-2-1-3-5-12)19-14(18)16-8-6-15-7-9-16/h1-5,13,15H,6-10H2/t13-/m0/s1. The molecule has 101 valence electrons. The number of hydrogen-bond acceptors (Lipinski definition) is 4. The van der Waals surface area contributed by atoms with Crippen LogP contribution in [-0.4, -0.2) is 49.6 Å². The predicted octanol–water partition coefficient (Wildman–Crippen LogP) is 0.749. The first-order valence-corrected chi connectivity index (χ1v) is 6.37. The first kappa shape index (κ1) is 13.5. The summed E-state index contributed by atoms with van der Waals surface area (Å²) in [5.74, 6) is 0. The summed E-state index contributed by atoms with van der Waals surface area (Å²) in [5.41, 5.74) is 0.948. The van der Waals surface area contributed by atoms with E-state index in [1.165, 1.54) is 0 Å². The summed E-state index contributed by atoms with van der Waals surface area (Å²) in [6.45, 7) is 2.72. The highest BCUT2D eigenvalue weighted by Gasteiger charge is 2.22. The summed E-state index contributed by atoms with van der Waals surface area (Å²) in [7, 11) is 0. The van der Waals surface area contributed by atoms with E-state index in [9.17, 15) is 9.59 Å². The fourth-order valence-electron chi connectivity index (χ4n) is 1.98. The molecule has 1 atom stereocenters. The van der Waals surface area contributed by atoms with Crippen LogP contribution in [0.15, 0.2) is 30.3 Å². The summed E-state index contributed by atoms with van der Waals surface area (Å²) in [6, 6.07) is 9.45. The molecule has 1 N–H and O–H groups in total. The van der Waals surface area contributed by atoms with Gasteiger partial charge in [-0.15, -0.1) is 0 Å². The molecule has 1 aromatic rings. The zero-order valence-corrected chi connectivity index (χ0v) is 10.7. The molecule has 0 aliphatic carbocycles. The SMILES string of the molecule is O=[C][C@H](Cc1ccccc1)OC(=O)N1CCNCC1. The Balaban J connectivity index is 1.88. The number of hydrogen-bond donors (Lipinski definition) is 1. The van der Waals surface area contributed by atoms with Gasteiger partial charge in [0, 0.05) is 32.6 Å². The van der Waals surface area contributed by atoms with E-state index in [0.29, 0.717) is 19.5 Å². The number of benzene rings is 1. The minimum atomic E-state index is -0.843. The van der Waals surface area contributed by atoms with Crippen molar-refractivity contribution >= 4 is 12.4 Å². The summed E-state index contributed by atoms with van der Waals surface area (Å²) in [6.07, 6.45) is 0.867. The molecule has 1 amide bonds. The van der Waals surface area contributed by atoms with Crippen LogP contribution in [0.5, 0.6) is 0 Å². The van der Waals surface area contributed by atoms with Crippen LogP contribution in [0.4, 0.5) is 4.79 Å². The van der Waals surface area contributed by atoms with Gasteiger partial charge in [-0.2, -0.15) is 0 Å². The van der Waals surface area contributed by atoms with Gasteiger partial charge in [0.1, 0.15) is 0 Å².